The van der Waals surface area contributed by atoms with Crippen molar-refractivity contribution in [2.45, 2.75) is 32.6 Å². The molecule has 1 amide bonds. The minimum atomic E-state index is -0.541. The number of aromatic nitrogens is 1. The van der Waals surface area contributed by atoms with Crippen LogP contribution < -0.4 is 10.1 Å². The zero-order valence-electron chi connectivity index (χ0n) is 18.7. The first kappa shape index (κ1) is 22.1. The Labute approximate surface area is 188 Å². The molecule has 168 valence electrons. The van der Waals surface area contributed by atoms with Crippen LogP contribution in [0.25, 0.3) is 11.3 Å². The summed E-state index contributed by atoms with van der Waals surface area (Å²) in [5.41, 5.74) is 3.61. The Morgan fingerprint density at radius 1 is 1.12 bits per heavy atom. The number of nitrogens with zero attached hydrogens (tertiary/aromatic N) is 1. The third-order valence-corrected chi connectivity index (χ3v) is 6.28. The van der Waals surface area contributed by atoms with Gasteiger partial charge in [-0.15, -0.1) is 0 Å². The Balaban J connectivity index is 1.42. The van der Waals surface area contributed by atoms with Crippen LogP contribution in [0.3, 0.4) is 0 Å². The normalized spacial score (nSPS) is 15.3. The zero-order chi connectivity index (χ0) is 22.4. The summed E-state index contributed by atoms with van der Waals surface area (Å²) in [5.74, 6) is 1.62. The summed E-state index contributed by atoms with van der Waals surface area (Å²) in [6.07, 6.45) is 2.62. The van der Waals surface area contributed by atoms with Gasteiger partial charge in [0.25, 0.3) is 0 Å². The van der Waals surface area contributed by atoms with Gasteiger partial charge >= 0.3 is 0 Å². The molecule has 6 nitrogen and oxygen atoms in total. The first-order chi connectivity index (χ1) is 15.6. The first-order valence-electron chi connectivity index (χ1n) is 11.1. The summed E-state index contributed by atoms with van der Waals surface area (Å²) in [6, 6.07) is 18.0. The van der Waals surface area contributed by atoms with Gasteiger partial charge in [0.2, 0.25) is 5.91 Å². The second kappa shape index (κ2) is 10.0. The largest absolute Gasteiger partial charge is 0.497 e. The van der Waals surface area contributed by atoms with Crippen molar-refractivity contribution in [3.8, 4) is 17.0 Å². The van der Waals surface area contributed by atoms with E-state index in [-0.39, 0.29) is 5.91 Å². The summed E-state index contributed by atoms with van der Waals surface area (Å²) in [6.45, 7) is 3.79. The fourth-order valence-electron chi connectivity index (χ4n) is 4.26. The molecule has 0 atom stereocenters. The summed E-state index contributed by atoms with van der Waals surface area (Å²) in [7, 11) is 1.65. The predicted octanol–water partition coefficient (Wildman–Crippen LogP) is 4.36. The number of benzene rings is 2. The van der Waals surface area contributed by atoms with Gasteiger partial charge in [-0.1, -0.05) is 41.6 Å². The average Bonchev–Trinajstić information content (AvgIpc) is 3.28. The van der Waals surface area contributed by atoms with Crippen molar-refractivity contribution in [3.05, 3.63) is 71.5 Å². The van der Waals surface area contributed by atoms with Crippen LogP contribution in [0.1, 0.15) is 29.7 Å². The Hall–Kier alpha value is -3.12. The van der Waals surface area contributed by atoms with Crippen molar-refractivity contribution in [2.24, 2.45) is 5.41 Å². The van der Waals surface area contributed by atoms with Gasteiger partial charge in [0.15, 0.2) is 0 Å². The molecule has 0 radical (unpaired) electrons. The van der Waals surface area contributed by atoms with Crippen LogP contribution in [0, 0.1) is 12.3 Å². The van der Waals surface area contributed by atoms with Crippen LogP contribution in [-0.2, 0) is 22.4 Å². The Morgan fingerprint density at radius 3 is 2.59 bits per heavy atom. The topological polar surface area (TPSA) is 73.6 Å². The van der Waals surface area contributed by atoms with Gasteiger partial charge < -0.3 is 19.3 Å². The predicted molar refractivity (Wildman–Crippen MR) is 123 cm³/mol. The quantitative estimate of drug-likeness (QED) is 0.570. The number of rotatable bonds is 8. The molecule has 4 rings (SSSR count). The third kappa shape index (κ3) is 5.02. The van der Waals surface area contributed by atoms with Crippen LogP contribution in [0.5, 0.6) is 5.75 Å². The zero-order valence-corrected chi connectivity index (χ0v) is 18.7. The van der Waals surface area contributed by atoms with E-state index in [0.717, 1.165) is 40.3 Å². The smallest absolute Gasteiger partial charge is 0.226 e. The number of amides is 1. The number of methoxy groups -OCH3 is 1. The molecule has 2 aromatic carbocycles. The lowest BCUT2D eigenvalue weighted by Crippen LogP contribution is -2.46. The SMILES string of the molecule is COc1ccc(CCNC(=O)C2(Cc3cc(-c4ccccc4C)no3)CCOCC2)cc1. The van der Waals surface area contributed by atoms with E-state index < -0.39 is 5.41 Å². The van der Waals surface area contributed by atoms with E-state index in [1.165, 1.54) is 0 Å². The maximum absolute atomic E-state index is 13.3. The molecule has 0 unspecified atom stereocenters. The van der Waals surface area contributed by atoms with Gasteiger partial charge in [-0.05, 0) is 49.4 Å². The number of aryl methyl sites for hydroxylation is 1. The molecule has 1 aliphatic heterocycles. The molecule has 1 aliphatic rings. The van der Waals surface area contributed by atoms with Crippen molar-refractivity contribution >= 4 is 5.91 Å². The van der Waals surface area contributed by atoms with Crippen LogP contribution in [0.4, 0.5) is 0 Å². The van der Waals surface area contributed by atoms with Gasteiger partial charge in [-0.2, -0.15) is 0 Å². The van der Waals surface area contributed by atoms with Gasteiger partial charge in [-0.25, -0.2) is 0 Å². The highest BCUT2D eigenvalue weighted by Gasteiger charge is 2.41. The second-order valence-electron chi connectivity index (χ2n) is 8.42. The second-order valence-corrected chi connectivity index (χ2v) is 8.42. The van der Waals surface area contributed by atoms with Gasteiger partial charge in [0.1, 0.15) is 17.2 Å². The minimum absolute atomic E-state index is 0.0585. The van der Waals surface area contributed by atoms with Gasteiger partial charge in [0, 0.05) is 37.8 Å². The molecule has 6 heteroatoms. The van der Waals surface area contributed by atoms with Crippen molar-refractivity contribution in [3.63, 3.8) is 0 Å². The Bertz CT molecular complexity index is 1040. The van der Waals surface area contributed by atoms with Gasteiger partial charge in [-0.3, -0.25) is 4.79 Å². The number of carbonyl (C=O) groups is 1. The van der Waals surface area contributed by atoms with Crippen molar-refractivity contribution in [1.29, 1.82) is 0 Å². The number of nitrogens with one attached hydrogen (secondary N) is 1. The summed E-state index contributed by atoms with van der Waals surface area (Å²) < 4.78 is 16.4. The van der Waals surface area contributed by atoms with Crippen LogP contribution in [0.2, 0.25) is 0 Å². The molecule has 32 heavy (non-hydrogen) atoms. The molecular formula is C26H30N2O4. The van der Waals surface area contributed by atoms with E-state index in [2.05, 4.69) is 23.5 Å². The molecule has 0 bridgehead atoms. The standard InChI is InChI=1S/C26H30N2O4/c1-19-5-3-4-6-23(19)24-17-22(32-28-24)18-26(12-15-31-16-13-26)25(29)27-14-11-20-7-9-21(30-2)10-8-20/h3-10,17H,11-16,18H2,1-2H3,(H,27,29). The van der Waals surface area contributed by atoms with Gasteiger partial charge in [0.05, 0.1) is 12.5 Å². The monoisotopic (exact) mass is 434 g/mol. The molecular weight excluding hydrogens is 404 g/mol. The van der Waals surface area contributed by atoms with Crippen LogP contribution >= 0.6 is 0 Å². The molecule has 0 aliphatic carbocycles. The summed E-state index contributed by atoms with van der Waals surface area (Å²) in [5, 5.41) is 7.42. The highest BCUT2D eigenvalue weighted by atomic mass is 16.5. The molecule has 0 saturated carbocycles. The highest BCUT2D eigenvalue weighted by molar-refractivity contribution is 5.83. The maximum Gasteiger partial charge on any atom is 0.226 e. The lowest BCUT2D eigenvalue weighted by molar-refractivity contribution is -0.137. The van der Waals surface area contributed by atoms with Crippen molar-refractivity contribution < 1.29 is 18.8 Å². The van der Waals surface area contributed by atoms with E-state index in [0.29, 0.717) is 39.0 Å². The number of hydrogen-bond donors (Lipinski definition) is 1. The molecule has 1 aromatic heterocycles. The number of hydrogen-bond acceptors (Lipinski definition) is 5. The summed E-state index contributed by atoms with van der Waals surface area (Å²) in [4.78, 5) is 13.3. The molecule has 1 saturated heterocycles. The van der Waals surface area contributed by atoms with E-state index in [4.69, 9.17) is 14.0 Å². The Kier molecular flexibility index (Phi) is 6.90. The van der Waals surface area contributed by atoms with Crippen molar-refractivity contribution in [2.75, 3.05) is 26.9 Å². The lowest BCUT2D eigenvalue weighted by Gasteiger charge is -2.35. The average molecular weight is 435 g/mol. The Morgan fingerprint density at radius 2 is 1.88 bits per heavy atom. The highest BCUT2D eigenvalue weighted by Crippen LogP contribution is 2.36. The molecule has 1 N–H and O–H groups in total. The summed E-state index contributed by atoms with van der Waals surface area (Å²) >= 11 is 0. The van der Waals surface area contributed by atoms with E-state index in [1.807, 2.05) is 48.5 Å². The molecule has 1 fully saturated rings. The van der Waals surface area contributed by atoms with E-state index >= 15 is 0 Å². The molecule has 2 heterocycles. The van der Waals surface area contributed by atoms with Crippen LogP contribution in [0.15, 0.2) is 59.1 Å². The van der Waals surface area contributed by atoms with Crippen molar-refractivity contribution in [1.82, 2.24) is 10.5 Å². The van der Waals surface area contributed by atoms with E-state index in [9.17, 15) is 4.79 Å². The minimum Gasteiger partial charge on any atom is -0.497 e. The lowest BCUT2D eigenvalue weighted by atomic mass is 9.75. The maximum atomic E-state index is 13.3. The first-order valence-corrected chi connectivity index (χ1v) is 11.1. The third-order valence-electron chi connectivity index (χ3n) is 6.28. The van der Waals surface area contributed by atoms with Crippen LogP contribution in [-0.4, -0.2) is 37.9 Å². The number of ether oxygens (including phenoxy) is 2. The molecule has 3 aromatic rings. The van der Waals surface area contributed by atoms with E-state index in [1.54, 1.807) is 7.11 Å². The number of carbonyl (C=O) groups excluding carboxylic acids is 1. The fourth-order valence-corrected chi connectivity index (χ4v) is 4.26. The fraction of sp³-hybridized carbons (Fsp3) is 0.385. The molecule has 0 spiro atoms.